The minimum absolute atomic E-state index is 0.0255. The maximum atomic E-state index is 12.2. The molecular weight excluding hydrogens is 238 g/mol. The van der Waals surface area contributed by atoms with Crippen LogP contribution in [0.25, 0.3) is 10.9 Å². The van der Waals surface area contributed by atoms with E-state index in [0.29, 0.717) is 6.54 Å². The van der Waals surface area contributed by atoms with Crippen LogP contribution in [-0.2, 0) is 4.79 Å². The van der Waals surface area contributed by atoms with Crippen LogP contribution in [-0.4, -0.2) is 17.4 Å². The van der Waals surface area contributed by atoms with Crippen molar-refractivity contribution < 1.29 is 4.79 Å². The first-order valence-electron chi connectivity index (χ1n) is 6.61. The number of nitrogens with two attached hydrogens (primary N) is 1. The van der Waals surface area contributed by atoms with Gasteiger partial charge in [-0.05, 0) is 18.6 Å². The van der Waals surface area contributed by atoms with Crippen LogP contribution < -0.4 is 11.1 Å². The summed E-state index contributed by atoms with van der Waals surface area (Å²) in [6.07, 6.45) is 3.48. The van der Waals surface area contributed by atoms with Gasteiger partial charge in [0.15, 0.2) is 0 Å². The number of nitrogens with one attached hydrogen (secondary N) is 1. The molecular formula is C15H19N3O. The first-order chi connectivity index (χ1) is 9.26. The lowest BCUT2D eigenvalue weighted by Crippen LogP contribution is -2.29. The van der Waals surface area contributed by atoms with Crippen molar-refractivity contribution in [2.75, 3.05) is 11.9 Å². The average Bonchev–Trinajstić information content (AvgIpc) is 2.45. The summed E-state index contributed by atoms with van der Waals surface area (Å²) in [5.41, 5.74) is 7.21. The molecule has 0 bridgehead atoms. The van der Waals surface area contributed by atoms with Crippen molar-refractivity contribution in [3.63, 3.8) is 0 Å². The third kappa shape index (κ3) is 3.09. The van der Waals surface area contributed by atoms with Gasteiger partial charge in [0.1, 0.15) is 0 Å². The van der Waals surface area contributed by atoms with Crippen molar-refractivity contribution in [2.45, 2.75) is 19.8 Å². The van der Waals surface area contributed by atoms with Gasteiger partial charge in [-0.1, -0.05) is 31.5 Å². The number of nitrogens with zero attached hydrogens (tertiary/aromatic N) is 1. The molecule has 0 saturated heterocycles. The zero-order chi connectivity index (χ0) is 13.7. The fourth-order valence-corrected chi connectivity index (χ4v) is 2.14. The van der Waals surface area contributed by atoms with Gasteiger partial charge in [-0.15, -0.1) is 0 Å². The number of anilines is 1. The Balaban J connectivity index is 2.23. The molecule has 0 aliphatic heterocycles. The van der Waals surface area contributed by atoms with Crippen molar-refractivity contribution in [3.8, 4) is 0 Å². The SMILES string of the molecule is CCCC(CN)C(=O)Nc1cccc2cccnc12. The molecule has 1 amide bonds. The molecule has 1 heterocycles. The molecule has 4 nitrogen and oxygen atoms in total. The highest BCUT2D eigenvalue weighted by atomic mass is 16.1. The van der Waals surface area contributed by atoms with Crippen LogP contribution in [0.15, 0.2) is 36.5 Å². The molecule has 0 spiro atoms. The Morgan fingerprint density at radius 2 is 2.16 bits per heavy atom. The number of benzene rings is 1. The Hall–Kier alpha value is -1.94. The standard InChI is InChI=1S/C15H19N3O/c1-2-5-12(10-16)15(19)18-13-8-3-6-11-7-4-9-17-14(11)13/h3-4,6-9,12H,2,5,10,16H2,1H3,(H,18,19). The number of carbonyl (C=O) groups excluding carboxylic acids is 1. The summed E-state index contributed by atoms with van der Waals surface area (Å²) >= 11 is 0. The van der Waals surface area contributed by atoms with E-state index in [4.69, 9.17) is 5.73 Å². The Labute approximate surface area is 113 Å². The lowest BCUT2D eigenvalue weighted by molar-refractivity contribution is -0.119. The number of para-hydroxylation sites is 1. The molecule has 2 rings (SSSR count). The number of aromatic nitrogens is 1. The average molecular weight is 257 g/mol. The highest BCUT2D eigenvalue weighted by Gasteiger charge is 2.16. The molecule has 3 N–H and O–H groups in total. The van der Waals surface area contributed by atoms with E-state index >= 15 is 0 Å². The third-order valence-corrected chi connectivity index (χ3v) is 3.18. The largest absolute Gasteiger partial charge is 0.330 e. The van der Waals surface area contributed by atoms with Gasteiger partial charge in [0, 0.05) is 18.1 Å². The second kappa shape index (κ2) is 6.29. The normalized spacial score (nSPS) is 12.3. The zero-order valence-corrected chi connectivity index (χ0v) is 11.1. The number of rotatable bonds is 5. The van der Waals surface area contributed by atoms with Crippen molar-refractivity contribution in [1.29, 1.82) is 0 Å². The van der Waals surface area contributed by atoms with Gasteiger partial charge in [-0.3, -0.25) is 9.78 Å². The molecule has 0 radical (unpaired) electrons. The Morgan fingerprint density at radius 3 is 2.89 bits per heavy atom. The van der Waals surface area contributed by atoms with Crippen LogP contribution in [0.2, 0.25) is 0 Å². The molecule has 0 aliphatic rings. The maximum absolute atomic E-state index is 12.2. The van der Waals surface area contributed by atoms with Crippen LogP contribution in [0.1, 0.15) is 19.8 Å². The lowest BCUT2D eigenvalue weighted by Gasteiger charge is -2.14. The van der Waals surface area contributed by atoms with Crippen LogP contribution in [0.4, 0.5) is 5.69 Å². The minimum Gasteiger partial charge on any atom is -0.330 e. The highest BCUT2D eigenvalue weighted by molar-refractivity contribution is 6.01. The summed E-state index contributed by atoms with van der Waals surface area (Å²) in [5.74, 6) is -0.161. The fourth-order valence-electron chi connectivity index (χ4n) is 2.14. The summed E-state index contributed by atoms with van der Waals surface area (Å²) < 4.78 is 0. The van der Waals surface area contributed by atoms with E-state index in [0.717, 1.165) is 29.4 Å². The number of carbonyl (C=O) groups is 1. The predicted octanol–water partition coefficient (Wildman–Crippen LogP) is 2.55. The van der Waals surface area contributed by atoms with Crippen molar-refractivity contribution in [2.24, 2.45) is 11.7 Å². The smallest absolute Gasteiger partial charge is 0.228 e. The molecule has 100 valence electrons. The van der Waals surface area contributed by atoms with Crippen LogP contribution in [0, 0.1) is 5.92 Å². The van der Waals surface area contributed by atoms with Crippen molar-refractivity contribution >= 4 is 22.5 Å². The number of hydrogen-bond acceptors (Lipinski definition) is 3. The quantitative estimate of drug-likeness (QED) is 0.865. The van der Waals surface area contributed by atoms with Gasteiger partial charge in [-0.25, -0.2) is 0 Å². The molecule has 0 aliphatic carbocycles. The zero-order valence-electron chi connectivity index (χ0n) is 11.1. The van der Waals surface area contributed by atoms with E-state index in [2.05, 4.69) is 17.2 Å². The van der Waals surface area contributed by atoms with Gasteiger partial charge in [0.05, 0.1) is 17.1 Å². The first-order valence-corrected chi connectivity index (χ1v) is 6.61. The molecule has 0 saturated carbocycles. The van der Waals surface area contributed by atoms with Gasteiger partial charge in [0.25, 0.3) is 0 Å². The number of amides is 1. The van der Waals surface area contributed by atoms with E-state index < -0.39 is 0 Å². The predicted molar refractivity (Wildman–Crippen MR) is 77.8 cm³/mol. The van der Waals surface area contributed by atoms with E-state index in [9.17, 15) is 4.79 Å². The first kappa shape index (κ1) is 13.5. The molecule has 19 heavy (non-hydrogen) atoms. The van der Waals surface area contributed by atoms with Gasteiger partial charge >= 0.3 is 0 Å². The summed E-state index contributed by atoms with van der Waals surface area (Å²) in [5, 5.41) is 3.95. The van der Waals surface area contributed by atoms with E-state index in [1.165, 1.54) is 0 Å². The van der Waals surface area contributed by atoms with Gasteiger partial charge < -0.3 is 11.1 Å². The number of fused-ring (bicyclic) bond motifs is 1. The Morgan fingerprint density at radius 1 is 1.37 bits per heavy atom. The molecule has 1 aromatic heterocycles. The molecule has 1 atom stereocenters. The number of hydrogen-bond donors (Lipinski definition) is 2. The fraction of sp³-hybridized carbons (Fsp3) is 0.333. The molecule has 1 aromatic carbocycles. The second-order valence-corrected chi connectivity index (χ2v) is 4.59. The van der Waals surface area contributed by atoms with E-state index in [1.807, 2.05) is 30.3 Å². The molecule has 0 fully saturated rings. The summed E-state index contributed by atoms with van der Waals surface area (Å²) in [6, 6.07) is 9.62. The second-order valence-electron chi connectivity index (χ2n) is 4.59. The van der Waals surface area contributed by atoms with E-state index in [-0.39, 0.29) is 11.8 Å². The Bertz CT molecular complexity index is 563. The third-order valence-electron chi connectivity index (χ3n) is 3.18. The highest BCUT2D eigenvalue weighted by Crippen LogP contribution is 2.21. The molecule has 4 heteroatoms. The van der Waals surface area contributed by atoms with Gasteiger partial charge in [-0.2, -0.15) is 0 Å². The molecule has 2 aromatic rings. The Kier molecular flexibility index (Phi) is 4.47. The summed E-state index contributed by atoms with van der Waals surface area (Å²) in [6.45, 7) is 2.42. The van der Waals surface area contributed by atoms with Crippen molar-refractivity contribution in [3.05, 3.63) is 36.5 Å². The topological polar surface area (TPSA) is 68.0 Å². The lowest BCUT2D eigenvalue weighted by atomic mass is 10.0. The minimum atomic E-state index is -0.135. The summed E-state index contributed by atoms with van der Waals surface area (Å²) in [4.78, 5) is 16.5. The maximum Gasteiger partial charge on any atom is 0.228 e. The van der Waals surface area contributed by atoms with Crippen molar-refractivity contribution in [1.82, 2.24) is 4.98 Å². The van der Waals surface area contributed by atoms with Crippen LogP contribution >= 0.6 is 0 Å². The van der Waals surface area contributed by atoms with Crippen LogP contribution in [0.5, 0.6) is 0 Å². The van der Waals surface area contributed by atoms with E-state index in [1.54, 1.807) is 6.20 Å². The summed E-state index contributed by atoms with van der Waals surface area (Å²) in [7, 11) is 0. The van der Waals surface area contributed by atoms with Crippen LogP contribution in [0.3, 0.4) is 0 Å². The monoisotopic (exact) mass is 257 g/mol. The molecule has 1 unspecified atom stereocenters. The van der Waals surface area contributed by atoms with Gasteiger partial charge in [0.2, 0.25) is 5.91 Å². The number of pyridine rings is 1.